The van der Waals surface area contributed by atoms with Gasteiger partial charge in [-0.25, -0.2) is 0 Å². The highest BCUT2D eigenvalue weighted by Gasteiger charge is 2.24. The minimum atomic E-state index is 0. The van der Waals surface area contributed by atoms with Gasteiger partial charge in [0.25, 0.3) is 0 Å². The van der Waals surface area contributed by atoms with Crippen LogP contribution in [-0.2, 0) is 6.54 Å². The van der Waals surface area contributed by atoms with Crippen LogP contribution in [0.25, 0.3) is 0 Å². The third-order valence-electron chi connectivity index (χ3n) is 3.45. The second-order valence-electron chi connectivity index (χ2n) is 4.73. The SMILES string of the molecule is CC(N)C1CCCCN1CCn1cccn1.Cl.Cl. The monoisotopic (exact) mass is 294 g/mol. The Morgan fingerprint density at radius 3 is 2.72 bits per heavy atom. The first-order valence-electron chi connectivity index (χ1n) is 6.24. The van der Waals surface area contributed by atoms with Gasteiger partial charge in [-0.2, -0.15) is 5.10 Å². The molecule has 4 nitrogen and oxygen atoms in total. The molecule has 106 valence electrons. The van der Waals surface area contributed by atoms with Gasteiger partial charge >= 0.3 is 0 Å². The fraction of sp³-hybridized carbons (Fsp3) is 0.750. The largest absolute Gasteiger partial charge is 0.327 e. The van der Waals surface area contributed by atoms with Crippen LogP contribution in [0, 0.1) is 0 Å². The minimum Gasteiger partial charge on any atom is -0.327 e. The predicted octanol–water partition coefficient (Wildman–Crippen LogP) is 1.93. The van der Waals surface area contributed by atoms with E-state index in [2.05, 4.69) is 16.9 Å². The summed E-state index contributed by atoms with van der Waals surface area (Å²) in [6.07, 6.45) is 7.73. The average molecular weight is 295 g/mol. The molecular formula is C12H24Cl2N4. The quantitative estimate of drug-likeness (QED) is 0.923. The number of halogens is 2. The molecule has 2 N–H and O–H groups in total. The number of aromatic nitrogens is 2. The number of piperidine rings is 1. The molecule has 0 spiro atoms. The van der Waals surface area contributed by atoms with Crippen LogP contribution in [0.4, 0.5) is 0 Å². The lowest BCUT2D eigenvalue weighted by Crippen LogP contribution is -2.50. The average Bonchev–Trinajstić information content (AvgIpc) is 2.79. The Labute approximate surface area is 122 Å². The van der Waals surface area contributed by atoms with Crippen molar-refractivity contribution < 1.29 is 0 Å². The van der Waals surface area contributed by atoms with E-state index in [-0.39, 0.29) is 30.9 Å². The highest BCUT2D eigenvalue weighted by molar-refractivity contribution is 5.85. The van der Waals surface area contributed by atoms with E-state index in [1.54, 1.807) is 0 Å². The first-order valence-corrected chi connectivity index (χ1v) is 6.24. The standard InChI is InChI=1S/C12H22N4.2ClH/c1-11(13)12-5-2-3-7-15(12)9-10-16-8-4-6-14-16;;/h4,6,8,11-12H,2-3,5,7,9-10,13H2,1H3;2*1H. The van der Waals surface area contributed by atoms with Gasteiger partial charge < -0.3 is 5.73 Å². The van der Waals surface area contributed by atoms with Crippen molar-refractivity contribution in [3.63, 3.8) is 0 Å². The summed E-state index contributed by atoms with van der Waals surface area (Å²) in [6.45, 7) is 5.34. The van der Waals surface area contributed by atoms with Crippen molar-refractivity contribution in [3.8, 4) is 0 Å². The lowest BCUT2D eigenvalue weighted by atomic mass is 9.97. The summed E-state index contributed by atoms with van der Waals surface area (Å²) in [5.41, 5.74) is 6.04. The molecule has 0 radical (unpaired) electrons. The number of nitrogens with zero attached hydrogens (tertiary/aromatic N) is 3. The van der Waals surface area contributed by atoms with Crippen LogP contribution in [0.2, 0.25) is 0 Å². The van der Waals surface area contributed by atoms with Crippen molar-refractivity contribution in [2.75, 3.05) is 13.1 Å². The van der Waals surface area contributed by atoms with Gasteiger partial charge in [-0.15, -0.1) is 24.8 Å². The molecule has 1 fully saturated rings. The molecule has 2 atom stereocenters. The molecule has 0 aliphatic carbocycles. The molecule has 1 aromatic heterocycles. The van der Waals surface area contributed by atoms with Gasteiger partial charge in [0.05, 0.1) is 6.54 Å². The smallest absolute Gasteiger partial charge is 0.0536 e. The fourth-order valence-electron chi connectivity index (χ4n) is 2.55. The molecule has 2 unspecified atom stereocenters. The van der Waals surface area contributed by atoms with E-state index >= 15 is 0 Å². The van der Waals surface area contributed by atoms with Gasteiger partial charge in [-0.3, -0.25) is 9.58 Å². The van der Waals surface area contributed by atoms with Crippen LogP contribution >= 0.6 is 24.8 Å². The van der Waals surface area contributed by atoms with Gasteiger partial charge in [0.15, 0.2) is 0 Å². The summed E-state index contributed by atoms with van der Waals surface area (Å²) in [7, 11) is 0. The van der Waals surface area contributed by atoms with Crippen LogP contribution in [-0.4, -0.2) is 39.9 Å². The molecule has 2 heterocycles. The molecule has 1 saturated heterocycles. The Hall–Kier alpha value is -0.290. The molecule has 0 amide bonds. The van der Waals surface area contributed by atoms with Crippen molar-refractivity contribution in [1.82, 2.24) is 14.7 Å². The van der Waals surface area contributed by atoms with Crippen molar-refractivity contribution in [2.45, 2.75) is 44.8 Å². The van der Waals surface area contributed by atoms with Gasteiger partial charge in [0.2, 0.25) is 0 Å². The Morgan fingerprint density at radius 2 is 2.11 bits per heavy atom. The molecular weight excluding hydrogens is 271 g/mol. The Morgan fingerprint density at radius 1 is 1.33 bits per heavy atom. The van der Waals surface area contributed by atoms with Gasteiger partial charge in [0, 0.05) is 31.0 Å². The second-order valence-corrected chi connectivity index (χ2v) is 4.73. The van der Waals surface area contributed by atoms with E-state index in [0.29, 0.717) is 6.04 Å². The zero-order valence-electron chi connectivity index (χ0n) is 10.9. The van der Waals surface area contributed by atoms with E-state index < -0.39 is 0 Å². The van der Waals surface area contributed by atoms with E-state index in [1.807, 2.05) is 23.1 Å². The molecule has 1 aromatic rings. The van der Waals surface area contributed by atoms with Crippen LogP contribution in [0.15, 0.2) is 18.5 Å². The third kappa shape index (κ3) is 4.76. The summed E-state index contributed by atoms with van der Waals surface area (Å²) in [4.78, 5) is 2.52. The lowest BCUT2D eigenvalue weighted by molar-refractivity contribution is 0.124. The molecule has 0 saturated carbocycles. The molecule has 18 heavy (non-hydrogen) atoms. The van der Waals surface area contributed by atoms with Crippen molar-refractivity contribution in [3.05, 3.63) is 18.5 Å². The molecule has 0 bridgehead atoms. The number of hydrogen-bond acceptors (Lipinski definition) is 3. The van der Waals surface area contributed by atoms with Crippen molar-refractivity contribution in [1.29, 1.82) is 0 Å². The number of likely N-dealkylation sites (tertiary alicyclic amines) is 1. The lowest BCUT2D eigenvalue weighted by Gasteiger charge is -2.37. The Bertz CT molecular complexity index is 303. The first kappa shape index (κ1) is 17.7. The van der Waals surface area contributed by atoms with Crippen LogP contribution in [0.3, 0.4) is 0 Å². The van der Waals surface area contributed by atoms with E-state index in [1.165, 1.54) is 25.8 Å². The van der Waals surface area contributed by atoms with Crippen LogP contribution in [0.5, 0.6) is 0 Å². The maximum atomic E-state index is 6.04. The molecule has 6 heteroatoms. The van der Waals surface area contributed by atoms with Gasteiger partial charge in [0.1, 0.15) is 0 Å². The van der Waals surface area contributed by atoms with Gasteiger partial charge in [-0.05, 0) is 32.4 Å². The Kier molecular flexibility index (Phi) is 8.61. The number of hydrogen-bond donors (Lipinski definition) is 1. The van der Waals surface area contributed by atoms with Crippen molar-refractivity contribution in [2.24, 2.45) is 5.73 Å². The zero-order valence-corrected chi connectivity index (χ0v) is 12.5. The molecule has 0 aromatic carbocycles. The van der Waals surface area contributed by atoms with Crippen LogP contribution < -0.4 is 5.73 Å². The molecule has 1 aliphatic heterocycles. The molecule has 1 aliphatic rings. The second kappa shape index (κ2) is 8.75. The minimum absolute atomic E-state index is 0. The molecule has 2 rings (SSSR count). The van der Waals surface area contributed by atoms with Gasteiger partial charge in [-0.1, -0.05) is 6.42 Å². The number of rotatable bonds is 4. The topological polar surface area (TPSA) is 47.1 Å². The highest BCUT2D eigenvalue weighted by Crippen LogP contribution is 2.18. The summed E-state index contributed by atoms with van der Waals surface area (Å²) in [6, 6.07) is 2.81. The van der Waals surface area contributed by atoms with E-state index in [4.69, 9.17) is 5.73 Å². The van der Waals surface area contributed by atoms with Crippen molar-refractivity contribution >= 4 is 24.8 Å². The summed E-state index contributed by atoms with van der Waals surface area (Å²) < 4.78 is 1.99. The maximum Gasteiger partial charge on any atom is 0.0536 e. The number of nitrogens with two attached hydrogens (primary N) is 1. The highest BCUT2D eigenvalue weighted by atomic mass is 35.5. The zero-order chi connectivity index (χ0) is 11.4. The predicted molar refractivity (Wildman–Crippen MR) is 79.6 cm³/mol. The Balaban J connectivity index is 0.00000144. The van der Waals surface area contributed by atoms with Crippen LogP contribution in [0.1, 0.15) is 26.2 Å². The van der Waals surface area contributed by atoms with E-state index in [9.17, 15) is 0 Å². The summed E-state index contributed by atoms with van der Waals surface area (Å²) >= 11 is 0. The normalized spacial score (nSPS) is 21.8. The fourth-order valence-corrected chi connectivity index (χ4v) is 2.55. The summed E-state index contributed by atoms with van der Waals surface area (Å²) in [5.74, 6) is 0. The van der Waals surface area contributed by atoms with E-state index in [0.717, 1.165) is 13.1 Å². The third-order valence-corrected chi connectivity index (χ3v) is 3.45. The summed E-state index contributed by atoms with van der Waals surface area (Å²) in [5, 5.41) is 4.23. The first-order chi connectivity index (χ1) is 7.77. The maximum absolute atomic E-state index is 6.04.